The van der Waals surface area contributed by atoms with E-state index in [2.05, 4.69) is 10.6 Å². The molecule has 1 rings (SSSR count). The zero-order valence-corrected chi connectivity index (χ0v) is 6.30. The highest BCUT2D eigenvalue weighted by atomic mass is 16.6. The maximum Gasteiger partial charge on any atom is 0.407 e. The highest BCUT2D eigenvalue weighted by Crippen LogP contribution is 1.96. The Morgan fingerprint density at radius 2 is 2.64 bits per heavy atom. The Morgan fingerprint density at radius 1 is 1.82 bits per heavy atom. The van der Waals surface area contributed by atoms with Crippen molar-refractivity contribution in [3.05, 3.63) is 0 Å². The summed E-state index contributed by atoms with van der Waals surface area (Å²) in [5.41, 5.74) is 5.25. The summed E-state index contributed by atoms with van der Waals surface area (Å²) in [5.74, 6) is 0. The molecular formula is C6H13N3O2. The number of nitrogens with one attached hydrogen (secondary N) is 2. The number of alkyl carbamates (subject to hydrolysis) is 1. The lowest BCUT2D eigenvalue weighted by molar-refractivity contribution is 0.139. The van der Waals surface area contributed by atoms with Gasteiger partial charge in [0, 0.05) is 19.6 Å². The number of ether oxygens (including phenoxy) is 1. The normalized spacial score (nSPS) is 23.0. The minimum atomic E-state index is -0.329. The molecule has 0 aromatic carbocycles. The van der Waals surface area contributed by atoms with Crippen LogP contribution in [0.1, 0.15) is 0 Å². The van der Waals surface area contributed by atoms with Crippen molar-refractivity contribution in [2.45, 2.75) is 6.10 Å². The number of cyclic esters (lactones) is 1. The Bertz CT molecular complexity index is 140. The number of carbonyl (C=O) groups excluding carboxylic acids is 1. The van der Waals surface area contributed by atoms with E-state index in [0.717, 1.165) is 6.54 Å². The van der Waals surface area contributed by atoms with E-state index in [4.69, 9.17) is 10.5 Å². The molecule has 5 nitrogen and oxygen atoms in total. The van der Waals surface area contributed by atoms with Crippen LogP contribution in [-0.2, 0) is 4.74 Å². The van der Waals surface area contributed by atoms with E-state index in [-0.39, 0.29) is 12.2 Å². The van der Waals surface area contributed by atoms with Crippen LogP contribution >= 0.6 is 0 Å². The summed E-state index contributed by atoms with van der Waals surface area (Å²) in [5, 5.41) is 5.62. The Kier molecular flexibility index (Phi) is 3.13. The van der Waals surface area contributed by atoms with Crippen molar-refractivity contribution < 1.29 is 9.53 Å². The minimum Gasteiger partial charge on any atom is -0.443 e. The van der Waals surface area contributed by atoms with Gasteiger partial charge in [0.2, 0.25) is 0 Å². The molecule has 0 bridgehead atoms. The van der Waals surface area contributed by atoms with Gasteiger partial charge in [-0.1, -0.05) is 0 Å². The monoisotopic (exact) mass is 159 g/mol. The van der Waals surface area contributed by atoms with E-state index < -0.39 is 0 Å². The largest absolute Gasteiger partial charge is 0.443 e. The molecule has 4 N–H and O–H groups in total. The summed E-state index contributed by atoms with van der Waals surface area (Å²) in [6, 6.07) is 0. The number of carbonyl (C=O) groups is 1. The molecule has 5 heteroatoms. The number of nitrogens with two attached hydrogens (primary N) is 1. The van der Waals surface area contributed by atoms with Crippen molar-refractivity contribution in [1.82, 2.24) is 10.6 Å². The highest BCUT2D eigenvalue weighted by Gasteiger charge is 2.21. The molecule has 0 aromatic heterocycles. The van der Waals surface area contributed by atoms with Crippen LogP contribution in [0.2, 0.25) is 0 Å². The topological polar surface area (TPSA) is 76.4 Å². The average molecular weight is 159 g/mol. The van der Waals surface area contributed by atoms with Gasteiger partial charge in [-0.3, -0.25) is 0 Å². The van der Waals surface area contributed by atoms with Crippen LogP contribution in [0, 0.1) is 0 Å². The molecule has 0 radical (unpaired) electrons. The Hall–Kier alpha value is -0.810. The molecular weight excluding hydrogens is 146 g/mol. The van der Waals surface area contributed by atoms with Crippen LogP contribution in [0.4, 0.5) is 4.79 Å². The van der Waals surface area contributed by atoms with Gasteiger partial charge in [0.05, 0.1) is 6.54 Å². The number of hydrogen-bond acceptors (Lipinski definition) is 4. The van der Waals surface area contributed by atoms with Crippen molar-refractivity contribution in [3.63, 3.8) is 0 Å². The Labute approximate surface area is 65.3 Å². The molecule has 1 saturated heterocycles. The first-order chi connectivity index (χ1) is 5.33. The van der Waals surface area contributed by atoms with Gasteiger partial charge in [-0.25, -0.2) is 4.79 Å². The van der Waals surface area contributed by atoms with Crippen molar-refractivity contribution in [1.29, 1.82) is 0 Å². The smallest absolute Gasteiger partial charge is 0.407 e. The maximum atomic E-state index is 10.5. The van der Waals surface area contributed by atoms with Gasteiger partial charge in [-0.05, 0) is 0 Å². The molecule has 1 aliphatic rings. The van der Waals surface area contributed by atoms with E-state index in [1.165, 1.54) is 0 Å². The fourth-order valence-electron chi connectivity index (χ4n) is 0.911. The molecule has 1 heterocycles. The standard InChI is InChI=1S/C6H13N3O2/c7-1-2-8-3-5-4-9-6(10)11-5/h5,8H,1-4,7H2,(H,9,10). The summed E-state index contributed by atoms with van der Waals surface area (Å²) in [4.78, 5) is 10.5. The summed E-state index contributed by atoms with van der Waals surface area (Å²) < 4.78 is 4.85. The quantitative estimate of drug-likeness (QED) is 0.443. The minimum absolute atomic E-state index is 0.0333. The molecule has 1 fully saturated rings. The van der Waals surface area contributed by atoms with Crippen LogP contribution < -0.4 is 16.4 Å². The number of rotatable bonds is 4. The molecule has 64 valence electrons. The van der Waals surface area contributed by atoms with E-state index in [1.54, 1.807) is 0 Å². The van der Waals surface area contributed by atoms with Crippen LogP contribution in [0.25, 0.3) is 0 Å². The van der Waals surface area contributed by atoms with Crippen molar-refractivity contribution in [2.24, 2.45) is 5.73 Å². The lowest BCUT2D eigenvalue weighted by Crippen LogP contribution is -2.32. The van der Waals surface area contributed by atoms with Gasteiger partial charge in [0.1, 0.15) is 6.10 Å². The number of amides is 1. The van der Waals surface area contributed by atoms with E-state index in [9.17, 15) is 4.79 Å². The molecule has 0 spiro atoms. The zero-order chi connectivity index (χ0) is 8.10. The van der Waals surface area contributed by atoms with Crippen LogP contribution in [0.5, 0.6) is 0 Å². The molecule has 0 aromatic rings. The second-order valence-electron chi connectivity index (χ2n) is 2.40. The zero-order valence-electron chi connectivity index (χ0n) is 6.30. The first-order valence-electron chi connectivity index (χ1n) is 3.68. The Balaban J connectivity index is 2.04. The predicted molar refractivity (Wildman–Crippen MR) is 40.2 cm³/mol. The summed E-state index contributed by atoms with van der Waals surface area (Å²) in [6.45, 7) is 2.63. The number of hydrogen-bond donors (Lipinski definition) is 3. The predicted octanol–water partition coefficient (Wildman–Crippen LogP) is -1.36. The van der Waals surface area contributed by atoms with E-state index in [0.29, 0.717) is 19.6 Å². The molecule has 1 unspecified atom stereocenters. The molecule has 1 atom stereocenters. The third-order valence-corrected chi connectivity index (χ3v) is 1.44. The van der Waals surface area contributed by atoms with Gasteiger partial charge in [0.25, 0.3) is 0 Å². The van der Waals surface area contributed by atoms with E-state index in [1.807, 2.05) is 0 Å². The molecule has 1 aliphatic heterocycles. The van der Waals surface area contributed by atoms with E-state index >= 15 is 0 Å². The Morgan fingerprint density at radius 3 is 3.18 bits per heavy atom. The first kappa shape index (κ1) is 8.29. The molecule has 0 saturated carbocycles. The first-order valence-corrected chi connectivity index (χ1v) is 3.68. The van der Waals surface area contributed by atoms with Crippen LogP contribution in [0.15, 0.2) is 0 Å². The summed E-state index contributed by atoms with van der Waals surface area (Å²) >= 11 is 0. The molecule has 1 amide bonds. The SMILES string of the molecule is NCCNCC1CNC(=O)O1. The summed E-state index contributed by atoms with van der Waals surface area (Å²) in [6.07, 6.45) is -0.362. The molecule has 11 heavy (non-hydrogen) atoms. The van der Waals surface area contributed by atoms with Gasteiger partial charge in [0.15, 0.2) is 0 Å². The summed E-state index contributed by atoms with van der Waals surface area (Å²) in [7, 11) is 0. The second kappa shape index (κ2) is 4.15. The van der Waals surface area contributed by atoms with Crippen LogP contribution in [0.3, 0.4) is 0 Å². The third-order valence-electron chi connectivity index (χ3n) is 1.44. The highest BCUT2D eigenvalue weighted by molar-refractivity contribution is 5.69. The lowest BCUT2D eigenvalue weighted by atomic mass is 10.3. The third kappa shape index (κ3) is 2.73. The van der Waals surface area contributed by atoms with Gasteiger partial charge in [-0.2, -0.15) is 0 Å². The second-order valence-corrected chi connectivity index (χ2v) is 2.40. The average Bonchev–Trinajstić information content (AvgIpc) is 2.37. The van der Waals surface area contributed by atoms with Crippen molar-refractivity contribution in [2.75, 3.05) is 26.2 Å². The van der Waals surface area contributed by atoms with Crippen LogP contribution in [-0.4, -0.2) is 38.4 Å². The fourth-order valence-corrected chi connectivity index (χ4v) is 0.911. The lowest BCUT2D eigenvalue weighted by Gasteiger charge is -2.07. The van der Waals surface area contributed by atoms with Gasteiger partial charge >= 0.3 is 6.09 Å². The fraction of sp³-hybridized carbons (Fsp3) is 0.833. The maximum absolute atomic E-state index is 10.5. The molecule has 0 aliphatic carbocycles. The van der Waals surface area contributed by atoms with Gasteiger partial charge < -0.3 is 21.1 Å². The van der Waals surface area contributed by atoms with Crippen molar-refractivity contribution in [3.8, 4) is 0 Å². The van der Waals surface area contributed by atoms with Crippen molar-refractivity contribution >= 4 is 6.09 Å². The van der Waals surface area contributed by atoms with Gasteiger partial charge in [-0.15, -0.1) is 0 Å².